The molecule has 1 aromatic carbocycles. The first-order valence-corrected chi connectivity index (χ1v) is 8.52. The van der Waals surface area contributed by atoms with Gasteiger partial charge in [-0.05, 0) is 30.5 Å². The van der Waals surface area contributed by atoms with Crippen LogP contribution in [-0.4, -0.2) is 42.6 Å². The molecule has 4 nitrogen and oxygen atoms in total. The van der Waals surface area contributed by atoms with Gasteiger partial charge in [0.1, 0.15) is 6.61 Å². The van der Waals surface area contributed by atoms with Crippen LogP contribution in [0.4, 0.5) is 0 Å². The molecule has 1 aliphatic rings. The molecular weight excluding hydrogens is 300 g/mol. The SMILES string of the molecule is COCC(=O)N1CCCC(c2cccc(Cc3ccccc3)n2)C1. The van der Waals surface area contributed by atoms with Crippen molar-refractivity contribution in [3.8, 4) is 0 Å². The fourth-order valence-corrected chi connectivity index (χ4v) is 3.29. The van der Waals surface area contributed by atoms with Gasteiger partial charge in [-0.1, -0.05) is 36.4 Å². The Bertz CT molecular complexity index is 672. The fraction of sp³-hybridized carbons (Fsp3) is 0.400. The number of methoxy groups -OCH3 is 1. The maximum Gasteiger partial charge on any atom is 0.248 e. The highest BCUT2D eigenvalue weighted by atomic mass is 16.5. The maximum atomic E-state index is 12.1. The van der Waals surface area contributed by atoms with Crippen LogP contribution in [0.25, 0.3) is 0 Å². The Hall–Kier alpha value is -2.20. The van der Waals surface area contributed by atoms with Gasteiger partial charge in [0.25, 0.3) is 0 Å². The molecule has 2 aromatic rings. The van der Waals surface area contributed by atoms with E-state index in [4.69, 9.17) is 9.72 Å². The average Bonchev–Trinajstić information content (AvgIpc) is 2.63. The summed E-state index contributed by atoms with van der Waals surface area (Å²) in [6.45, 7) is 1.72. The number of pyridine rings is 1. The van der Waals surface area contributed by atoms with E-state index < -0.39 is 0 Å². The van der Waals surface area contributed by atoms with Gasteiger partial charge in [-0.15, -0.1) is 0 Å². The van der Waals surface area contributed by atoms with E-state index in [-0.39, 0.29) is 12.5 Å². The molecule has 0 bridgehead atoms. The van der Waals surface area contributed by atoms with Crippen molar-refractivity contribution in [3.05, 3.63) is 65.5 Å². The molecule has 4 heteroatoms. The number of likely N-dealkylation sites (tertiary alicyclic amines) is 1. The summed E-state index contributed by atoms with van der Waals surface area (Å²) in [5.41, 5.74) is 3.44. The first-order chi connectivity index (χ1) is 11.8. The lowest BCUT2D eigenvalue weighted by molar-refractivity contribution is -0.136. The predicted molar refractivity (Wildman–Crippen MR) is 93.9 cm³/mol. The summed E-state index contributed by atoms with van der Waals surface area (Å²) in [6, 6.07) is 16.6. The van der Waals surface area contributed by atoms with E-state index in [1.807, 2.05) is 11.0 Å². The van der Waals surface area contributed by atoms with Crippen LogP contribution in [0.3, 0.4) is 0 Å². The molecule has 0 spiro atoms. The van der Waals surface area contributed by atoms with Crippen molar-refractivity contribution in [3.63, 3.8) is 0 Å². The van der Waals surface area contributed by atoms with Crippen LogP contribution in [0.2, 0.25) is 0 Å². The van der Waals surface area contributed by atoms with Crippen LogP contribution < -0.4 is 0 Å². The summed E-state index contributed by atoms with van der Waals surface area (Å²) >= 11 is 0. The topological polar surface area (TPSA) is 42.4 Å². The molecule has 126 valence electrons. The fourth-order valence-electron chi connectivity index (χ4n) is 3.29. The monoisotopic (exact) mass is 324 g/mol. The zero-order valence-corrected chi connectivity index (χ0v) is 14.1. The quantitative estimate of drug-likeness (QED) is 0.849. The van der Waals surface area contributed by atoms with Crippen LogP contribution in [0.1, 0.15) is 35.7 Å². The third-order valence-electron chi connectivity index (χ3n) is 4.52. The summed E-state index contributed by atoms with van der Waals surface area (Å²) in [6.07, 6.45) is 2.94. The lowest BCUT2D eigenvalue weighted by Crippen LogP contribution is -2.41. The molecule has 1 atom stereocenters. The molecule has 0 radical (unpaired) electrons. The molecule has 24 heavy (non-hydrogen) atoms. The third-order valence-corrected chi connectivity index (χ3v) is 4.52. The van der Waals surface area contributed by atoms with Crippen molar-refractivity contribution in [2.45, 2.75) is 25.2 Å². The van der Waals surface area contributed by atoms with E-state index in [9.17, 15) is 4.79 Å². The lowest BCUT2D eigenvalue weighted by atomic mass is 9.94. The smallest absolute Gasteiger partial charge is 0.248 e. The van der Waals surface area contributed by atoms with Gasteiger partial charge in [0, 0.05) is 43.9 Å². The van der Waals surface area contributed by atoms with E-state index in [1.54, 1.807) is 7.11 Å². The minimum Gasteiger partial charge on any atom is -0.375 e. The Morgan fingerprint density at radius 2 is 2.04 bits per heavy atom. The molecule has 0 N–H and O–H groups in total. The molecule has 0 saturated carbocycles. The van der Waals surface area contributed by atoms with Gasteiger partial charge in [-0.3, -0.25) is 9.78 Å². The first kappa shape index (κ1) is 16.7. The van der Waals surface area contributed by atoms with Crippen molar-refractivity contribution in [1.29, 1.82) is 0 Å². The highest BCUT2D eigenvalue weighted by Gasteiger charge is 2.25. The van der Waals surface area contributed by atoms with Gasteiger partial charge in [0.15, 0.2) is 0 Å². The maximum absolute atomic E-state index is 12.1. The highest BCUT2D eigenvalue weighted by Crippen LogP contribution is 2.26. The number of carbonyl (C=O) groups is 1. The summed E-state index contributed by atoms with van der Waals surface area (Å²) in [4.78, 5) is 18.8. The largest absolute Gasteiger partial charge is 0.375 e. The third kappa shape index (κ3) is 4.20. The molecule has 0 aliphatic carbocycles. The summed E-state index contributed by atoms with van der Waals surface area (Å²) in [7, 11) is 1.56. The Morgan fingerprint density at radius 3 is 2.83 bits per heavy atom. The highest BCUT2D eigenvalue weighted by molar-refractivity contribution is 5.77. The Morgan fingerprint density at radius 1 is 1.21 bits per heavy atom. The molecule has 2 heterocycles. The number of piperidine rings is 1. The standard InChI is InChI=1S/C20H24N2O2/c1-24-15-20(23)22-12-6-9-17(14-22)19-11-5-10-18(21-19)13-16-7-3-2-4-8-16/h2-5,7-8,10-11,17H,6,9,12-15H2,1H3. The predicted octanol–water partition coefficient (Wildman–Crippen LogP) is 3.02. The number of amides is 1. The molecule has 1 aliphatic heterocycles. The van der Waals surface area contributed by atoms with Crippen LogP contribution in [0.15, 0.2) is 48.5 Å². The van der Waals surface area contributed by atoms with E-state index in [0.29, 0.717) is 5.92 Å². The number of hydrogen-bond donors (Lipinski definition) is 0. The second kappa shape index (κ2) is 8.06. The van der Waals surface area contributed by atoms with E-state index in [0.717, 1.165) is 43.7 Å². The van der Waals surface area contributed by atoms with Crippen molar-refractivity contribution in [2.24, 2.45) is 0 Å². The number of hydrogen-bond acceptors (Lipinski definition) is 3. The minimum atomic E-state index is 0.0719. The average molecular weight is 324 g/mol. The number of aromatic nitrogens is 1. The van der Waals surface area contributed by atoms with Crippen LogP contribution in [-0.2, 0) is 16.0 Å². The molecule has 1 unspecified atom stereocenters. The number of benzene rings is 1. The normalized spacial score (nSPS) is 17.7. The summed E-state index contributed by atoms with van der Waals surface area (Å²) in [5.74, 6) is 0.387. The first-order valence-electron chi connectivity index (χ1n) is 8.52. The number of ether oxygens (including phenoxy) is 1. The van der Waals surface area contributed by atoms with Crippen LogP contribution >= 0.6 is 0 Å². The number of nitrogens with zero attached hydrogens (tertiary/aromatic N) is 2. The second-order valence-corrected chi connectivity index (χ2v) is 6.33. The Labute approximate surface area is 143 Å². The van der Waals surface area contributed by atoms with Crippen molar-refractivity contribution in [2.75, 3.05) is 26.8 Å². The molecule has 1 aromatic heterocycles. The van der Waals surface area contributed by atoms with E-state index >= 15 is 0 Å². The molecule has 1 saturated heterocycles. The second-order valence-electron chi connectivity index (χ2n) is 6.33. The molecular formula is C20H24N2O2. The van der Waals surface area contributed by atoms with Gasteiger partial charge in [-0.25, -0.2) is 0 Å². The lowest BCUT2D eigenvalue weighted by Gasteiger charge is -2.32. The molecule has 1 amide bonds. The Kier molecular flexibility index (Phi) is 5.59. The number of carbonyl (C=O) groups excluding carboxylic acids is 1. The van der Waals surface area contributed by atoms with Gasteiger partial charge in [-0.2, -0.15) is 0 Å². The van der Waals surface area contributed by atoms with Gasteiger partial charge >= 0.3 is 0 Å². The van der Waals surface area contributed by atoms with Crippen LogP contribution in [0, 0.1) is 0 Å². The van der Waals surface area contributed by atoms with Crippen molar-refractivity contribution < 1.29 is 9.53 Å². The zero-order chi connectivity index (χ0) is 16.8. The van der Waals surface area contributed by atoms with Gasteiger partial charge in [0.05, 0.1) is 0 Å². The minimum absolute atomic E-state index is 0.0719. The summed E-state index contributed by atoms with van der Waals surface area (Å²) < 4.78 is 4.98. The molecule has 1 fully saturated rings. The molecule has 3 rings (SSSR count). The Balaban J connectivity index is 1.70. The summed E-state index contributed by atoms with van der Waals surface area (Å²) in [5, 5.41) is 0. The van der Waals surface area contributed by atoms with Gasteiger partial charge < -0.3 is 9.64 Å². The van der Waals surface area contributed by atoms with E-state index in [2.05, 4.69) is 42.5 Å². The van der Waals surface area contributed by atoms with Crippen molar-refractivity contribution >= 4 is 5.91 Å². The zero-order valence-electron chi connectivity index (χ0n) is 14.1. The van der Waals surface area contributed by atoms with Crippen molar-refractivity contribution in [1.82, 2.24) is 9.88 Å². The van der Waals surface area contributed by atoms with E-state index in [1.165, 1.54) is 5.56 Å². The van der Waals surface area contributed by atoms with Crippen LogP contribution in [0.5, 0.6) is 0 Å². The number of rotatable bonds is 5. The van der Waals surface area contributed by atoms with Gasteiger partial charge in [0.2, 0.25) is 5.91 Å².